The smallest absolute Gasteiger partial charge is 0.0919 e. The fraction of sp³-hybridized carbons (Fsp3) is 0.529. The number of thioether (sulfide) groups is 1. The highest BCUT2D eigenvalue weighted by atomic mass is 32.2. The Kier molecular flexibility index (Phi) is 5.03. The molecule has 1 fully saturated rings. The van der Waals surface area contributed by atoms with Crippen molar-refractivity contribution in [2.24, 2.45) is 0 Å². The first-order valence-corrected chi connectivity index (χ1v) is 8.51. The van der Waals surface area contributed by atoms with Gasteiger partial charge in [-0.1, -0.05) is 19.7 Å². The summed E-state index contributed by atoms with van der Waals surface area (Å²) in [5.41, 5.74) is 4.93. The lowest BCUT2D eigenvalue weighted by molar-refractivity contribution is 0.517. The van der Waals surface area contributed by atoms with E-state index >= 15 is 0 Å². The van der Waals surface area contributed by atoms with Crippen LogP contribution in [0.1, 0.15) is 33.1 Å². The van der Waals surface area contributed by atoms with E-state index in [4.69, 9.17) is 0 Å². The van der Waals surface area contributed by atoms with Crippen molar-refractivity contribution in [3.8, 4) is 0 Å². The van der Waals surface area contributed by atoms with Crippen molar-refractivity contribution < 1.29 is 0 Å². The molecule has 1 saturated heterocycles. The van der Waals surface area contributed by atoms with Gasteiger partial charge in [-0.15, -0.1) is 0 Å². The minimum atomic E-state index is 0.280. The zero-order chi connectivity index (χ0) is 14.7. The van der Waals surface area contributed by atoms with Crippen molar-refractivity contribution in [3.05, 3.63) is 47.9 Å². The second kappa shape index (κ2) is 6.57. The van der Waals surface area contributed by atoms with Crippen molar-refractivity contribution in [2.45, 2.75) is 45.2 Å². The van der Waals surface area contributed by atoms with Crippen molar-refractivity contribution in [1.82, 2.24) is 10.6 Å². The summed E-state index contributed by atoms with van der Waals surface area (Å²) in [4.78, 5) is 0. The van der Waals surface area contributed by atoms with Crippen LogP contribution >= 0.6 is 11.8 Å². The van der Waals surface area contributed by atoms with Gasteiger partial charge in [-0.2, -0.15) is 11.8 Å². The Labute approximate surface area is 127 Å². The third kappa shape index (κ3) is 3.51. The molecule has 2 rings (SSSR count). The summed E-state index contributed by atoms with van der Waals surface area (Å²) in [5, 5.41) is 7.00. The number of hydrogen-bond acceptors (Lipinski definition) is 3. The first-order chi connectivity index (χ1) is 9.49. The van der Waals surface area contributed by atoms with E-state index in [1.54, 1.807) is 0 Å². The standard InChI is InChI=1S/C17H26N2S/c1-11-9-17(13(3)12(11)2)14(4)18-15(5)19-16-7-6-8-20-10-16/h14,16,18-19H,1-2,5-10H2,3-4H3. The third-order valence-electron chi connectivity index (χ3n) is 4.22. The minimum Gasteiger partial charge on any atom is -0.369 e. The van der Waals surface area contributed by atoms with E-state index in [0.717, 1.165) is 23.4 Å². The third-order valence-corrected chi connectivity index (χ3v) is 5.43. The lowest BCUT2D eigenvalue weighted by Gasteiger charge is -2.27. The summed E-state index contributed by atoms with van der Waals surface area (Å²) in [5.74, 6) is 3.42. The summed E-state index contributed by atoms with van der Waals surface area (Å²) < 4.78 is 0. The molecule has 2 nitrogen and oxygen atoms in total. The molecule has 0 amide bonds. The van der Waals surface area contributed by atoms with Gasteiger partial charge < -0.3 is 10.6 Å². The zero-order valence-electron chi connectivity index (χ0n) is 12.7. The molecule has 2 aliphatic rings. The number of nitrogens with one attached hydrogen (secondary N) is 2. The first kappa shape index (κ1) is 15.3. The molecule has 20 heavy (non-hydrogen) atoms. The van der Waals surface area contributed by atoms with Crippen LogP contribution in [0.15, 0.2) is 47.9 Å². The fourth-order valence-electron chi connectivity index (χ4n) is 2.90. The molecule has 0 aromatic carbocycles. The van der Waals surface area contributed by atoms with Gasteiger partial charge in [0.05, 0.1) is 5.82 Å². The first-order valence-electron chi connectivity index (χ1n) is 7.35. The van der Waals surface area contributed by atoms with Gasteiger partial charge in [-0.25, -0.2) is 0 Å². The summed E-state index contributed by atoms with van der Waals surface area (Å²) >= 11 is 2.03. The second-order valence-corrected chi connectivity index (χ2v) is 6.96. The Balaban J connectivity index is 1.88. The highest BCUT2D eigenvalue weighted by Crippen LogP contribution is 2.35. The van der Waals surface area contributed by atoms with Crippen LogP contribution in [0, 0.1) is 0 Å². The van der Waals surface area contributed by atoms with Crippen LogP contribution in [0.5, 0.6) is 0 Å². The maximum absolute atomic E-state index is 4.12. The Morgan fingerprint density at radius 3 is 2.70 bits per heavy atom. The average molecular weight is 290 g/mol. The summed E-state index contributed by atoms with van der Waals surface area (Å²) in [6, 6.07) is 0.840. The van der Waals surface area contributed by atoms with Crippen LogP contribution in [0.25, 0.3) is 0 Å². The van der Waals surface area contributed by atoms with Gasteiger partial charge in [0.15, 0.2) is 0 Å². The predicted octanol–water partition coefficient (Wildman–Crippen LogP) is 3.75. The molecule has 110 valence electrons. The van der Waals surface area contributed by atoms with Crippen molar-refractivity contribution >= 4 is 11.8 Å². The minimum absolute atomic E-state index is 0.280. The lowest BCUT2D eigenvalue weighted by Crippen LogP contribution is -2.40. The maximum Gasteiger partial charge on any atom is 0.0919 e. The van der Waals surface area contributed by atoms with E-state index in [9.17, 15) is 0 Å². The number of allylic oxidation sites excluding steroid dienone is 3. The molecule has 2 unspecified atom stereocenters. The number of hydrogen-bond donors (Lipinski definition) is 2. The van der Waals surface area contributed by atoms with E-state index in [-0.39, 0.29) is 6.04 Å². The Morgan fingerprint density at radius 1 is 1.40 bits per heavy atom. The van der Waals surface area contributed by atoms with Crippen molar-refractivity contribution in [1.29, 1.82) is 0 Å². The van der Waals surface area contributed by atoms with Gasteiger partial charge in [0, 0.05) is 17.8 Å². The van der Waals surface area contributed by atoms with Crippen molar-refractivity contribution in [3.63, 3.8) is 0 Å². The summed E-state index contributed by atoms with van der Waals surface area (Å²) in [6.07, 6.45) is 3.48. The van der Waals surface area contributed by atoms with E-state index in [1.807, 2.05) is 11.8 Å². The quantitative estimate of drug-likeness (QED) is 0.806. The maximum atomic E-state index is 4.12. The van der Waals surface area contributed by atoms with Gasteiger partial charge in [0.25, 0.3) is 0 Å². The Hall–Kier alpha value is -1.09. The lowest BCUT2D eigenvalue weighted by atomic mass is 10.0. The molecule has 0 aromatic rings. The second-order valence-electron chi connectivity index (χ2n) is 5.81. The van der Waals surface area contributed by atoms with Gasteiger partial charge in [-0.05, 0) is 61.2 Å². The van der Waals surface area contributed by atoms with E-state index in [2.05, 4.69) is 44.2 Å². The van der Waals surface area contributed by atoms with E-state index < -0.39 is 0 Å². The molecule has 3 heteroatoms. The van der Waals surface area contributed by atoms with Gasteiger partial charge in [0.2, 0.25) is 0 Å². The molecular formula is C17H26N2S. The molecule has 0 bridgehead atoms. The SMILES string of the molecule is C=C(NC1CCCSC1)NC(C)C1=C(C)C(=C)C(=C)C1. The van der Waals surface area contributed by atoms with Gasteiger partial charge in [0.1, 0.15) is 0 Å². The van der Waals surface area contributed by atoms with E-state index in [0.29, 0.717) is 6.04 Å². The van der Waals surface area contributed by atoms with Crippen LogP contribution in [0.3, 0.4) is 0 Å². The molecule has 0 aromatic heterocycles. The van der Waals surface area contributed by atoms with E-state index in [1.165, 1.54) is 35.5 Å². The largest absolute Gasteiger partial charge is 0.369 e. The average Bonchev–Trinajstić information content (AvgIpc) is 2.67. The fourth-order valence-corrected chi connectivity index (χ4v) is 3.97. The number of rotatable bonds is 5. The molecule has 1 heterocycles. The Morgan fingerprint density at radius 2 is 2.15 bits per heavy atom. The van der Waals surface area contributed by atoms with Crippen LogP contribution in [-0.4, -0.2) is 23.6 Å². The van der Waals surface area contributed by atoms with Crippen LogP contribution in [0.2, 0.25) is 0 Å². The molecule has 0 spiro atoms. The van der Waals surface area contributed by atoms with Crippen molar-refractivity contribution in [2.75, 3.05) is 11.5 Å². The topological polar surface area (TPSA) is 24.1 Å². The zero-order valence-corrected chi connectivity index (χ0v) is 13.5. The molecule has 1 aliphatic carbocycles. The van der Waals surface area contributed by atoms with Crippen LogP contribution in [-0.2, 0) is 0 Å². The molecule has 1 aliphatic heterocycles. The molecule has 2 N–H and O–H groups in total. The molecular weight excluding hydrogens is 264 g/mol. The summed E-state index contributed by atoms with van der Waals surface area (Å²) in [7, 11) is 0. The Bertz CT molecular complexity index is 456. The van der Waals surface area contributed by atoms with Crippen LogP contribution < -0.4 is 10.6 Å². The molecule has 0 saturated carbocycles. The monoisotopic (exact) mass is 290 g/mol. The molecule has 0 radical (unpaired) electrons. The van der Waals surface area contributed by atoms with Gasteiger partial charge in [-0.3, -0.25) is 0 Å². The normalized spacial score (nSPS) is 24.8. The highest BCUT2D eigenvalue weighted by molar-refractivity contribution is 7.99. The van der Waals surface area contributed by atoms with Crippen LogP contribution in [0.4, 0.5) is 0 Å². The summed E-state index contributed by atoms with van der Waals surface area (Å²) in [6.45, 7) is 16.6. The van der Waals surface area contributed by atoms with Gasteiger partial charge >= 0.3 is 0 Å². The highest BCUT2D eigenvalue weighted by Gasteiger charge is 2.23. The molecule has 2 atom stereocenters. The predicted molar refractivity (Wildman–Crippen MR) is 90.8 cm³/mol.